The normalized spacial score (nSPS) is 10.5. The lowest BCUT2D eigenvalue weighted by Crippen LogP contribution is -2.15. The SMILES string of the molecule is COc1cccc(NC(=O)c2nc(SCc3cccc(C)c3)ncc2Br)c1. The molecule has 0 spiro atoms. The summed E-state index contributed by atoms with van der Waals surface area (Å²) in [5.74, 6) is 1.10. The summed E-state index contributed by atoms with van der Waals surface area (Å²) in [4.78, 5) is 21.3. The number of nitrogens with one attached hydrogen (secondary N) is 1. The molecule has 0 aliphatic rings. The molecule has 0 unspecified atom stereocenters. The lowest BCUT2D eigenvalue weighted by atomic mass is 10.2. The number of halogens is 1. The third kappa shape index (κ3) is 5.30. The van der Waals surface area contributed by atoms with E-state index in [1.165, 1.54) is 22.9 Å². The molecule has 0 saturated carbocycles. The van der Waals surface area contributed by atoms with Gasteiger partial charge in [-0.1, -0.05) is 47.7 Å². The highest BCUT2D eigenvalue weighted by atomic mass is 79.9. The highest BCUT2D eigenvalue weighted by molar-refractivity contribution is 9.10. The van der Waals surface area contributed by atoms with Crippen molar-refractivity contribution in [3.8, 4) is 5.75 Å². The standard InChI is InChI=1S/C20H18BrN3O2S/c1-13-5-3-6-14(9-13)12-27-20-22-11-17(21)18(24-20)19(25)23-15-7-4-8-16(10-15)26-2/h3-11H,12H2,1-2H3,(H,23,25). The number of carbonyl (C=O) groups is 1. The molecule has 27 heavy (non-hydrogen) atoms. The van der Waals surface area contributed by atoms with Crippen LogP contribution in [0.2, 0.25) is 0 Å². The second-order valence-electron chi connectivity index (χ2n) is 5.81. The van der Waals surface area contributed by atoms with Gasteiger partial charge in [0.25, 0.3) is 5.91 Å². The minimum absolute atomic E-state index is 0.291. The number of rotatable bonds is 6. The van der Waals surface area contributed by atoms with Crippen LogP contribution in [0.5, 0.6) is 5.75 Å². The largest absolute Gasteiger partial charge is 0.497 e. The van der Waals surface area contributed by atoms with Crippen LogP contribution in [0.4, 0.5) is 5.69 Å². The molecule has 1 heterocycles. The van der Waals surface area contributed by atoms with Crippen LogP contribution in [-0.2, 0) is 5.75 Å². The van der Waals surface area contributed by atoms with Crippen molar-refractivity contribution in [2.24, 2.45) is 0 Å². The topological polar surface area (TPSA) is 64.1 Å². The summed E-state index contributed by atoms with van der Waals surface area (Å²) < 4.78 is 5.72. The molecule has 1 N–H and O–H groups in total. The van der Waals surface area contributed by atoms with E-state index in [2.05, 4.69) is 56.3 Å². The van der Waals surface area contributed by atoms with Gasteiger partial charge in [0.15, 0.2) is 5.16 Å². The number of methoxy groups -OCH3 is 1. The zero-order chi connectivity index (χ0) is 19.2. The molecular weight excluding hydrogens is 426 g/mol. The van der Waals surface area contributed by atoms with Crippen molar-refractivity contribution in [1.82, 2.24) is 9.97 Å². The number of hydrogen-bond acceptors (Lipinski definition) is 5. The van der Waals surface area contributed by atoms with Crippen LogP contribution in [0.15, 0.2) is 64.4 Å². The maximum atomic E-state index is 12.6. The van der Waals surface area contributed by atoms with Crippen LogP contribution >= 0.6 is 27.7 Å². The van der Waals surface area contributed by atoms with Gasteiger partial charge in [-0.25, -0.2) is 9.97 Å². The van der Waals surface area contributed by atoms with Gasteiger partial charge in [0.05, 0.1) is 11.6 Å². The van der Waals surface area contributed by atoms with E-state index in [-0.39, 0.29) is 5.91 Å². The average Bonchev–Trinajstić information content (AvgIpc) is 2.67. The number of hydrogen-bond donors (Lipinski definition) is 1. The van der Waals surface area contributed by atoms with E-state index in [0.717, 1.165) is 5.75 Å². The van der Waals surface area contributed by atoms with Gasteiger partial charge >= 0.3 is 0 Å². The summed E-state index contributed by atoms with van der Waals surface area (Å²) in [7, 11) is 1.58. The molecule has 5 nitrogen and oxygen atoms in total. The van der Waals surface area contributed by atoms with E-state index in [0.29, 0.717) is 26.8 Å². The number of benzene rings is 2. The van der Waals surface area contributed by atoms with Gasteiger partial charge in [0.1, 0.15) is 11.4 Å². The molecule has 2 aromatic carbocycles. The molecule has 0 saturated heterocycles. The number of anilines is 1. The number of ether oxygens (including phenoxy) is 1. The minimum Gasteiger partial charge on any atom is -0.497 e. The number of nitrogens with zero attached hydrogens (tertiary/aromatic N) is 2. The first-order valence-electron chi connectivity index (χ1n) is 8.21. The van der Waals surface area contributed by atoms with Crippen LogP contribution in [0, 0.1) is 6.92 Å². The van der Waals surface area contributed by atoms with Crippen LogP contribution in [0.1, 0.15) is 21.6 Å². The second kappa shape index (κ2) is 9.01. The molecule has 0 radical (unpaired) electrons. The van der Waals surface area contributed by atoms with Crippen molar-refractivity contribution < 1.29 is 9.53 Å². The van der Waals surface area contributed by atoms with Crippen molar-refractivity contribution in [1.29, 1.82) is 0 Å². The maximum absolute atomic E-state index is 12.6. The summed E-state index contributed by atoms with van der Waals surface area (Å²) in [5.41, 5.74) is 3.33. The molecule has 0 bridgehead atoms. The van der Waals surface area contributed by atoms with Crippen LogP contribution in [0.25, 0.3) is 0 Å². The summed E-state index contributed by atoms with van der Waals surface area (Å²) in [5, 5.41) is 3.39. The van der Waals surface area contributed by atoms with Gasteiger partial charge in [0.2, 0.25) is 0 Å². The Morgan fingerprint density at radius 3 is 2.81 bits per heavy atom. The highest BCUT2D eigenvalue weighted by Gasteiger charge is 2.15. The summed E-state index contributed by atoms with van der Waals surface area (Å²) in [6.07, 6.45) is 1.60. The fourth-order valence-electron chi connectivity index (χ4n) is 2.42. The summed E-state index contributed by atoms with van der Waals surface area (Å²) in [6, 6.07) is 15.5. The zero-order valence-electron chi connectivity index (χ0n) is 14.9. The zero-order valence-corrected chi connectivity index (χ0v) is 17.3. The van der Waals surface area contributed by atoms with Gasteiger partial charge in [-0.15, -0.1) is 0 Å². The van der Waals surface area contributed by atoms with E-state index in [4.69, 9.17) is 4.74 Å². The van der Waals surface area contributed by atoms with Gasteiger partial charge in [-0.2, -0.15) is 0 Å². The number of amides is 1. The average molecular weight is 444 g/mol. The molecule has 1 amide bonds. The van der Waals surface area contributed by atoms with E-state index >= 15 is 0 Å². The molecular formula is C20H18BrN3O2S. The Labute approximate surface area is 170 Å². The molecule has 0 aliphatic carbocycles. The number of carbonyl (C=O) groups excluding carboxylic acids is 1. The van der Waals surface area contributed by atoms with E-state index < -0.39 is 0 Å². The monoisotopic (exact) mass is 443 g/mol. The molecule has 0 atom stereocenters. The number of aryl methyl sites for hydroxylation is 1. The first-order valence-corrected chi connectivity index (χ1v) is 9.99. The predicted molar refractivity (Wildman–Crippen MR) is 111 cm³/mol. The lowest BCUT2D eigenvalue weighted by Gasteiger charge is -2.09. The Kier molecular flexibility index (Phi) is 6.47. The van der Waals surface area contributed by atoms with Crippen molar-refractivity contribution in [3.63, 3.8) is 0 Å². The smallest absolute Gasteiger partial charge is 0.275 e. The Morgan fingerprint density at radius 1 is 1.22 bits per heavy atom. The minimum atomic E-state index is -0.310. The van der Waals surface area contributed by atoms with Crippen molar-refractivity contribution in [2.75, 3.05) is 12.4 Å². The van der Waals surface area contributed by atoms with Crippen LogP contribution in [0.3, 0.4) is 0 Å². The molecule has 3 rings (SSSR count). The fraction of sp³-hybridized carbons (Fsp3) is 0.150. The van der Waals surface area contributed by atoms with Crippen LogP contribution in [-0.4, -0.2) is 23.0 Å². The fourth-order valence-corrected chi connectivity index (χ4v) is 3.55. The summed E-state index contributed by atoms with van der Waals surface area (Å²) >= 11 is 4.85. The van der Waals surface area contributed by atoms with E-state index in [9.17, 15) is 4.79 Å². The first-order chi connectivity index (χ1) is 13.0. The Bertz CT molecular complexity index is 965. The molecule has 138 valence electrons. The first kappa shape index (κ1) is 19.4. The van der Waals surface area contributed by atoms with Crippen molar-refractivity contribution in [2.45, 2.75) is 17.8 Å². The van der Waals surface area contributed by atoms with Gasteiger partial charge in [0, 0.05) is 23.7 Å². The lowest BCUT2D eigenvalue weighted by molar-refractivity contribution is 0.102. The maximum Gasteiger partial charge on any atom is 0.275 e. The Hall–Kier alpha value is -2.38. The molecule has 7 heteroatoms. The molecule has 1 aromatic heterocycles. The Morgan fingerprint density at radius 2 is 2.04 bits per heavy atom. The van der Waals surface area contributed by atoms with Gasteiger partial charge in [-0.05, 0) is 40.5 Å². The second-order valence-corrected chi connectivity index (χ2v) is 7.61. The van der Waals surface area contributed by atoms with E-state index in [1.54, 1.807) is 25.4 Å². The number of aromatic nitrogens is 2. The van der Waals surface area contributed by atoms with Crippen molar-refractivity contribution in [3.05, 3.63) is 76.0 Å². The van der Waals surface area contributed by atoms with Gasteiger partial charge < -0.3 is 10.1 Å². The molecule has 3 aromatic rings. The number of thioether (sulfide) groups is 1. The highest BCUT2D eigenvalue weighted by Crippen LogP contribution is 2.24. The van der Waals surface area contributed by atoms with Crippen molar-refractivity contribution >= 4 is 39.3 Å². The third-order valence-electron chi connectivity index (χ3n) is 3.72. The Balaban J connectivity index is 1.73. The molecule has 0 fully saturated rings. The predicted octanol–water partition coefficient (Wildman–Crippen LogP) is 5.10. The van der Waals surface area contributed by atoms with E-state index in [1.807, 2.05) is 18.2 Å². The molecule has 0 aliphatic heterocycles. The van der Waals surface area contributed by atoms with Gasteiger partial charge in [-0.3, -0.25) is 4.79 Å². The summed E-state index contributed by atoms with van der Waals surface area (Å²) in [6.45, 7) is 2.06. The quantitative estimate of drug-likeness (QED) is 0.423. The third-order valence-corrected chi connectivity index (χ3v) is 5.23. The van der Waals surface area contributed by atoms with Crippen LogP contribution < -0.4 is 10.1 Å².